The van der Waals surface area contributed by atoms with Gasteiger partial charge in [0.2, 0.25) is 0 Å². The number of rotatable bonds is 30. The molecule has 0 aliphatic rings. The largest absolute Gasteiger partial charge is 0.462 e. The van der Waals surface area contributed by atoms with Crippen molar-refractivity contribution in [1.29, 1.82) is 0 Å². The van der Waals surface area contributed by atoms with Gasteiger partial charge in [-0.05, 0) is 38.4 Å². The molecule has 0 aliphatic carbocycles. The van der Waals surface area contributed by atoms with Crippen LogP contribution in [0.4, 0.5) is 0 Å². The molecule has 0 aromatic rings. The summed E-state index contributed by atoms with van der Waals surface area (Å²) in [5.41, 5.74) is 0. The molecule has 0 N–H and O–H groups in total. The topological polar surface area (TPSA) is 61.8 Å². The maximum absolute atomic E-state index is 12.5. The van der Waals surface area contributed by atoms with Gasteiger partial charge in [-0.2, -0.15) is 0 Å². The third kappa shape index (κ3) is 31.9. The van der Waals surface area contributed by atoms with Crippen molar-refractivity contribution in [2.45, 2.75) is 194 Å². The molecule has 0 aromatic heterocycles. The van der Waals surface area contributed by atoms with Crippen LogP contribution in [0.25, 0.3) is 0 Å². The van der Waals surface area contributed by atoms with E-state index >= 15 is 0 Å². The first-order valence-electron chi connectivity index (χ1n) is 17.6. The molecule has 0 fully saturated rings. The predicted molar refractivity (Wildman–Crippen MR) is 177 cm³/mol. The van der Waals surface area contributed by atoms with Crippen molar-refractivity contribution in [2.75, 3.05) is 13.2 Å². The first kappa shape index (κ1) is 40.1. The summed E-state index contributed by atoms with van der Waals surface area (Å²) < 4.78 is 17.2. The van der Waals surface area contributed by atoms with Crippen LogP contribution in [-0.4, -0.2) is 39.6 Å². The van der Waals surface area contributed by atoms with Crippen LogP contribution in [0.15, 0.2) is 0 Å². The Bertz CT molecular complexity index is 602. The number of carbonyl (C=O) groups excluding carboxylic acids is 2. The standard InChI is InChI=1S/C35H70O5Si/c1-7-8-9-10-11-12-13-16-19-22-25-28-34(36)38-30-33(31-39-41(4,5)6)40-35(37)29-26-23-20-17-14-15-18-21-24-27-32(2)3/h32-33H,7-31H2,1-6H3. The fraction of sp³-hybridized carbons (Fsp3) is 0.943. The highest BCUT2D eigenvalue weighted by molar-refractivity contribution is 6.69. The maximum atomic E-state index is 12.5. The molecule has 244 valence electrons. The number of ether oxygens (including phenoxy) is 2. The van der Waals surface area contributed by atoms with Crippen LogP contribution in [0, 0.1) is 5.92 Å². The molecule has 1 unspecified atom stereocenters. The van der Waals surface area contributed by atoms with Crippen LogP contribution in [0.1, 0.15) is 168 Å². The van der Waals surface area contributed by atoms with Gasteiger partial charge in [-0.1, -0.05) is 143 Å². The highest BCUT2D eigenvalue weighted by atomic mass is 28.4. The summed E-state index contributed by atoms with van der Waals surface area (Å²) in [4.78, 5) is 24.8. The van der Waals surface area contributed by atoms with E-state index in [1.807, 2.05) is 0 Å². The molecular weight excluding hydrogens is 528 g/mol. The molecule has 0 amide bonds. The minimum Gasteiger partial charge on any atom is -0.462 e. The molecule has 0 heterocycles. The van der Waals surface area contributed by atoms with Crippen molar-refractivity contribution in [3.05, 3.63) is 0 Å². The van der Waals surface area contributed by atoms with Crippen molar-refractivity contribution in [3.8, 4) is 0 Å². The average Bonchev–Trinajstić information content (AvgIpc) is 2.91. The van der Waals surface area contributed by atoms with Crippen molar-refractivity contribution in [2.24, 2.45) is 5.92 Å². The Hall–Kier alpha value is -0.883. The van der Waals surface area contributed by atoms with Crippen LogP contribution >= 0.6 is 0 Å². The van der Waals surface area contributed by atoms with Crippen molar-refractivity contribution in [3.63, 3.8) is 0 Å². The van der Waals surface area contributed by atoms with Crippen LogP contribution in [0.2, 0.25) is 19.6 Å². The second-order valence-corrected chi connectivity index (χ2v) is 18.1. The van der Waals surface area contributed by atoms with E-state index in [1.54, 1.807) is 0 Å². The molecule has 0 radical (unpaired) electrons. The third-order valence-electron chi connectivity index (χ3n) is 7.58. The summed E-state index contributed by atoms with van der Waals surface area (Å²) in [5.74, 6) is 0.416. The Morgan fingerprint density at radius 2 is 0.976 bits per heavy atom. The van der Waals surface area contributed by atoms with Crippen molar-refractivity contribution >= 4 is 20.3 Å². The smallest absolute Gasteiger partial charge is 0.306 e. The molecule has 1 atom stereocenters. The number of carbonyl (C=O) groups is 2. The number of hydrogen-bond donors (Lipinski definition) is 0. The third-order valence-corrected chi connectivity index (χ3v) is 8.61. The second kappa shape index (κ2) is 27.9. The molecule has 5 nitrogen and oxygen atoms in total. The normalized spacial score (nSPS) is 12.6. The van der Waals surface area contributed by atoms with Gasteiger partial charge in [0.25, 0.3) is 0 Å². The second-order valence-electron chi connectivity index (χ2n) is 13.6. The lowest BCUT2D eigenvalue weighted by Crippen LogP contribution is -2.35. The lowest BCUT2D eigenvalue weighted by Gasteiger charge is -2.23. The minimum atomic E-state index is -1.77. The van der Waals surface area contributed by atoms with Gasteiger partial charge < -0.3 is 13.9 Å². The van der Waals surface area contributed by atoms with Gasteiger partial charge in [0.05, 0.1) is 6.61 Å². The van der Waals surface area contributed by atoms with Gasteiger partial charge in [-0.3, -0.25) is 9.59 Å². The fourth-order valence-electron chi connectivity index (χ4n) is 4.95. The first-order valence-corrected chi connectivity index (χ1v) is 21.0. The van der Waals surface area contributed by atoms with E-state index in [2.05, 4.69) is 40.4 Å². The van der Waals surface area contributed by atoms with E-state index < -0.39 is 14.4 Å². The van der Waals surface area contributed by atoms with E-state index in [9.17, 15) is 9.59 Å². The summed E-state index contributed by atoms with van der Waals surface area (Å²) in [5, 5.41) is 0. The lowest BCUT2D eigenvalue weighted by atomic mass is 10.0. The SMILES string of the molecule is CCCCCCCCCCCCCC(=O)OCC(CO[Si](C)(C)C)OC(=O)CCCCCCCCCCCC(C)C. The highest BCUT2D eigenvalue weighted by Crippen LogP contribution is 2.15. The average molecular weight is 599 g/mol. The number of unbranched alkanes of at least 4 members (excludes halogenated alkanes) is 18. The summed E-state index contributed by atoms with van der Waals surface area (Å²) in [7, 11) is -1.77. The summed E-state index contributed by atoms with van der Waals surface area (Å²) in [6.07, 6.45) is 26.5. The van der Waals surface area contributed by atoms with Gasteiger partial charge in [0.15, 0.2) is 14.4 Å². The van der Waals surface area contributed by atoms with Crippen LogP contribution in [0.3, 0.4) is 0 Å². The predicted octanol–water partition coefficient (Wildman–Crippen LogP) is 10.9. The Morgan fingerprint density at radius 1 is 0.561 bits per heavy atom. The monoisotopic (exact) mass is 598 g/mol. The molecule has 0 aliphatic heterocycles. The zero-order valence-corrected chi connectivity index (χ0v) is 29.4. The molecule has 0 bridgehead atoms. The van der Waals surface area contributed by atoms with E-state index in [0.717, 1.165) is 31.6 Å². The Balaban J connectivity index is 4.00. The van der Waals surface area contributed by atoms with Gasteiger partial charge in [-0.25, -0.2) is 0 Å². The van der Waals surface area contributed by atoms with E-state index in [0.29, 0.717) is 19.4 Å². The first-order chi connectivity index (χ1) is 19.6. The van der Waals surface area contributed by atoms with Crippen molar-refractivity contribution in [1.82, 2.24) is 0 Å². The molecule has 41 heavy (non-hydrogen) atoms. The summed E-state index contributed by atoms with van der Waals surface area (Å²) in [6.45, 7) is 13.6. The zero-order valence-electron chi connectivity index (χ0n) is 28.4. The molecular formula is C35H70O5Si. The molecule has 0 rings (SSSR count). The van der Waals surface area contributed by atoms with Crippen LogP contribution in [0.5, 0.6) is 0 Å². The van der Waals surface area contributed by atoms with E-state index in [4.69, 9.17) is 13.9 Å². The van der Waals surface area contributed by atoms with Gasteiger partial charge in [0.1, 0.15) is 6.61 Å². The zero-order chi connectivity index (χ0) is 30.6. The fourth-order valence-corrected chi connectivity index (χ4v) is 5.64. The molecule has 0 saturated carbocycles. The van der Waals surface area contributed by atoms with E-state index in [1.165, 1.54) is 109 Å². The Labute approximate surface area is 256 Å². The molecule has 0 saturated heterocycles. The Morgan fingerprint density at radius 3 is 1.41 bits per heavy atom. The lowest BCUT2D eigenvalue weighted by molar-refractivity contribution is -0.161. The van der Waals surface area contributed by atoms with Gasteiger partial charge in [0, 0.05) is 12.8 Å². The molecule has 6 heteroatoms. The van der Waals surface area contributed by atoms with Crippen LogP contribution < -0.4 is 0 Å². The maximum Gasteiger partial charge on any atom is 0.306 e. The van der Waals surface area contributed by atoms with Gasteiger partial charge >= 0.3 is 11.9 Å². The number of hydrogen-bond acceptors (Lipinski definition) is 5. The highest BCUT2D eigenvalue weighted by Gasteiger charge is 2.22. The quantitative estimate of drug-likeness (QED) is 0.0467. The van der Waals surface area contributed by atoms with Crippen LogP contribution in [-0.2, 0) is 23.5 Å². The molecule has 0 spiro atoms. The number of esters is 2. The summed E-state index contributed by atoms with van der Waals surface area (Å²) in [6, 6.07) is 0. The van der Waals surface area contributed by atoms with Gasteiger partial charge in [-0.15, -0.1) is 0 Å². The summed E-state index contributed by atoms with van der Waals surface area (Å²) >= 11 is 0. The minimum absolute atomic E-state index is 0.0876. The van der Waals surface area contributed by atoms with E-state index in [-0.39, 0.29) is 18.5 Å². The molecule has 0 aromatic carbocycles. The van der Waals surface area contributed by atoms with Crippen molar-refractivity contribution < 1.29 is 23.5 Å². The Kier molecular flexibility index (Phi) is 27.3.